The quantitative estimate of drug-likeness (QED) is 0.529. The summed E-state index contributed by atoms with van der Waals surface area (Å²) in [4.78, 5) is 70.3. The van der Waals surface area contributed by atoms with Gasteiger partial charge >= 0.3 is 0 Å². The summed E-state index contributed by atoms with van der Waals surface area (Å²) < 4.78 is 0. The fraction of sp³-hybridized carbons (Fsp3) is 0.607. The van der Waals surface area contributed by atoms with E-state index in [0.717, 1.165) is 12.1 Å². The van der Waals surface area contributed by atoms with Crippen molar-refractivity contribution >= 4 is 35.1 Å². The molecule has 1 saturated carbocycles. The molecule has 38 heavy (non-hydrogen) atoms. The number of amides is 4. The minimum Gasteiger partial charge on any atom is -0.378 e. The van der Waals surface area contributed by atoms with E-state index < -0.39 is 23.7 Å². The maximum absolute atomic E-state index is 13.8. The van der Waals surface area contributed by atoms with Crippen LogP contribution in [0.4, 0.5) is 5.69 Å². The molecule has 2 heterocycles. The van der Waals surface area contributed by atoms with E-state index >= 15 is 0 Å². The van der Waals surface area contributed by atoms with Crippen LogP contribution in [0.3, 0.4) is 0 Å². The SMILES string of the molecule is CC(=O)NC1(C(=O)N2CC(=O)C3C2CCN3C(=O)C(CC(C)C)NC(=O)c2ccc(N(C)C)cc2)CCC1. The van der Waals surface area contributed by atoms with Crippen LogP contribution < -0.4 is 15.5 Å². The Morgan fingerprint density at radius 1 is 1.08 bits per heavy atom. The standard InChI is InChI=1S/C28H39N5O5/c1-17(2)15-21(29-25(36)19-7-9-20(10-8-19)31(4)5)26(37)32-14-11-22-24(32)23(35)16-33(22)27(38)28(12-6-13-28)30-18(3)34/h7-10,17,21-22,24H,6,11-16H2,1-5H3,(H,29,36)(H,30,34). The Labute approximate surface area is 224 Å². The lowest BCUT2D eigenvalue weighted by Crippen LogP contribution is -2.64. The van der Waals surface area contributed by atoms with E-state index in [-0.39, 0.29) is 41.9 Å². The molecule has 3 aliphatic rings. The molecule has 0 aromatic heterocycles. The molecule has 4 rings (SSSR count). The number of nitrogens with one attached hydrogen (secondary N) is 2. The molecule has 10 nitrogen and oxygen atoms in total. The zero-order valence-electron chi connectivity index (χ0n) is 23.0. The van der Waals surface area contributed by atoms with Crippen molar-refractivity contribution in [1.29, 1.82) is 0 Å². The number of Topliss-reactive ketones (excluding diaryl/α,β-unsaturated/α-hetero) is 1. The number of carbonyl (C=O) groups is 5. The molecule has 0 radical (unpaired) electrons. The normalized spacial score (nSPS) is 22.5. The summed E-state index contributed by atoms with van der Waals surface area (Å²) in [6.45, 7) is 5.61. The number of carbonyl (C=O) groups excluding carboxylic acids is 5. The Morgan fingerprint density at radius 3 is 2.26 bits per heavy atom. The number of hydrogen-bond acceptors (Lipinski definition) is 6. The van der Waals surface area contributed by atoms with Crippen molar-refractivity contribution in [2.24, 2.45) is 5.92 Å². The highest BCUT2D eigenvalue weighted by Crippen LogP contribution is 2.38. The molecule has 4 amide bonds. The predicted octanol–water partition coefficient (Wildman–Crippen LogP) is 1.34. The minimum absolute atomic E-state index is 0.0707. The number of benzene rings is 1. The van der Waals surface area contributed by atoms with Gasteiger partial charge in [0.05, 0.1) is 12.6 Å². The van der Waals surface area contributed by atoms with Gasteiger partial charge in [0, 0.05) is 38.8 Å². The molecule has 0 bridgehead atoms. The Balaban J connectivity index is 1.49. The highest BCUT2D eigenvalue weighted by molar-refractivity contribution is 6.02. The smallest absolute Gasteiger partial charge is 0.251 e. The molecule has 1 aromatic carbocycles. The fourth-order valence-electron chi connectivity index (χ4n) is 5.92. The Hall–Kier alpha value is -3.43. The Bertz CT molecular complexity index is 1110. The van der Waals surface area contributed by atoms with Gasteiger partial charge < -0.3 is 25.3 Å². The summed E-state index contributed by atoms with van der Waals surface area (Å²) in [6, 6.07) is 5.21. The van der Waals surface area contributed by atoms with Crippen molar-refractivity contribution in [3.63, 3.8) is 0 Å². The zero-order valence-corrected chi connectivity index (χ0v) is 23.0. The molecule has 10 heteroatoms. The first-order valence-electron chi connectivity index (χ1n) is 13.4. The average Bonchev–Trinajstić information content (AvgIpc) is 3.41. The van der Waals surface area contributed by atoms with Gasteiger partial charge in [0.2, 0.25) is 17.7 Å². The maximum atomic E-state index is 13.8. The van der Waals surface area contributed by atoms with Gasteiger partial charge in [-0.15, -0.1) is 0 Å². The Kier molecular flexibility index (Phi) is 7.80. The zero-order chi connectivity index (χ0) is 27.8. The second-order valence-electron chi connectivity index (χ2n) is 11.4. The second kappa shape index (κ2) is 10.7. The molecular formula is C28H39N5O5. The van der Waals surface area contributed by atoms with Crippen molar-refractivity contribution in [2.75, 3.05) is 32.1 Å². The van der Waals surface area contributed by atoms with Crippen molar-refractivity contribution in [3.8, 4) is 0 Å². The highest BCUT2D eigenvalue weighted by atomic mass is 16.2. The van der Waals surface area contributed by atoms with E-state index in [2.05, 4.69) is 10.6 Å². The number of ketones is 1. The molecule has 0 spiro atoms. The molecule has 2 N–H and O–H groups in total. The third-order valence-corrected chi connectivity index (χ3v) is 7.95. The molecular weight excluding hydrogens is 486 g/mol. The molecule has 1 aromatic rings. The summed E-state index contributed by atoms with van der Waals surface area (Å²) in [7, 11) is 3.83. The van der Waals surface area contributed by atoms with Crippen LogP contribution in [0.25, 0.3) is 0 Å². The molecule has 1 aliphatic carbocycles. The van der Waals surface area contributed by atoms with Crippen molar-refractivity contribution in [3.05, 3.63) is 29.8 Å². The summed E-state index contributed by atoms with van der Waals surface area (Å²) in [5.41, 5.74) is 0.462. The van der Waals surface area contributed by atoms with Crippen LogP contribution in [-0.4, -0.2) is 90.1 Å². The number of rotatable bonds is 8. The molecule has 2 saturated heterocycles. The van der Waals surface area contributed by atoms with Crippen LogP contribution in [0.15, 0.2) is 24.3 Å². The lowest BCUT2D eigenvalue weighted by molar-refractivity contribution is -0.146. The third kappa shape index (κ3) is 5.26. The highest BCUT2D eigenvalue weighted by Gasteiger charge is 2.56. The third-order valence-electron chi connectivity index (χ3n) is 7.95. The lowest BCUT2D eigenvalue weighted by Gasteiger charge is -2.43. The second-order valence-corrected chi connectivity index (χ2v) is 11.4. The number of anilines is 1. The topological polar surface area (TPSA) is 119 Å². The van der Waals surface area contributed by atoms with Gasteiger partial charge in [0.25, 0.3) is 5.91 Å². The predicted molar refractivity (Wildman–Crippen MR) is 143 cm³/mol. The monoisotopic (exact) mass is 525 g/mol. The minimum atomic E-state index is -0.950. The van der Waals surface area contributed by atoms with E-state index in [9.17, 15) is 24.0 Å². The molecule has 3 atom stereocenters. The Morgan fingerprint density at radius 2 is 1.74 bits per heavy atom. The number of nitrogens with zero attached hydrogens (tertiary/aromatic N) is 3. The first kappa shape index (κ1) is 27.6. The van der Waals surface area contributed by atoms with Gasteiger partial charge in [-0.05, 0) is 62.3 Å². The van der Waals surface area contributed by atoms with Gasteiger partial charge in [-0.2, -0.15) is 0 Å². The van der Waals surface area contributed by atoms with E-state index in [0.29, 0.717) is 37.8 Å². The summed E-state index contributed by atoms with van der Waals surface area (Å²) in [5, 5.41) is 5.71. The van der Waals surface area contributed by atoms with Crippen LogP contribution in [0.1, 0.15) is 63.2 Å². The first-order chi connectivity index (χ1) is 17.9. The van der Waals surface area contributed by atoms with Gasteiger partial charge in [-0.3, -0.25) is 24.0 Å². The number of fused-ring (bicyclic) bond motifs is 1. The fourth-order valence-corrected chi connectivity index (χ4v) is 5.92. The van der Waals surface area contributed by atoms with Crippen LogP contribution in [0, 0.1) is 5.92 Å². The molecule has 2 aliphatic heterocycles. The van der Waals surface area contributed by atoms with Gasteiger partial charge in [-0.1, -0.05) is 13.8 Å². The largest absolute Gasteiger partial charge is 0.378 e. The van der Waals surface area contributed by atoms with E-state index in [1.54, 1.807) is 21.9 Å². The first-order valence-corrected chi connectivity index (χ1v) is 13.4. The summed E-state index contributed by atoms with van der Waals surface area (Å²) >= 11 is 0. The van der Waals surface area contributed by atoms with Crippen LogP contribution in [0.2, 0.25) is 0 Å². The van der Waals surface area contributed by atoms with E-state index in [4.69, 9.17) is 0 Å². The van der Waals surface area contributed by atoms with E-state index in [1.165, 1.54) is 6.92 Å². The summed E-state index contributed by atoms with van der Waals surface area (Å²) in [5.74, 6) is -1.20. The van der Waals surface area contributed by atoms with Crippen molar-refractivity contribution in [2.45, 2.75) is 76.5 Å². The number of hydrogen-bond donors (Lipinski definition) is 2. The molecule has 3 fully saturated rings. The van der Waals surface area contributed by atoms with Crippen molar-refractivity contribution in [1.82, 2.24) is 20.4 Å². The van der Waals surface area contributed by atoms with Crippen LogP contribution in [-0.2, 0) is 19.2 Å². The molecule has 206 valence electrons. The maximum Gasteiger partial charge on any atom is 0.251 e. The van der Waals surface area contributed by atoms with Gasteiger partial charge in [0.1, 0.15) is 17.6 Å². The van der Waals surface area contributed by atoms with Gasteiger partial charge in [-0.25, -0.2) is 0 Å². The van der Waals surface area contributed by atoms with Crippen LogP contribution in [0.5, 0.6) is 0 Å². The number of likely N-dealkylation sites (tertiary alicyclic amines) is 2. The van der Waals surface area contributed by atoms with Gasteiger partial charge in [0.15, 0.2) is 5.78 Å². The van der Waals surface area contributed by atoms with Crippen LogP contribution >= 0.6 is 0 Å². The lowest BCUT2D eigenvalue weighted by atomic mass is 9.75. The average molecular weight is 526 g/mol. The summed E-state index contributed by atoms with van der Waals surface area (Å²) in [6.07, 6.45) is 2.85. The van der Waals surface area contributed by atoms with Crippen molar-refractivity contribution < 1.29 is 24.0 Å². The van der Waals surface area contributed by atoms with E-state index in [1.807, 2.05) is 45.0 Å². The molecule has 3 unspecified atom stereocenters.